The first-order chi connectivity index (χ1) is 8.72. The second-order valence-corrected chi connectivity index (χ2v) is 4.74. The van der Waals surface area contributed by atoms with Crippen LogP contribution in [0.3, 0.4) is 0 Å². The van der Waals surface area contributed by atoms with E-state index in [1.807, 2.05) is 48.5 Å². The van der Waals surface area contributed by atoms with E-state index in [0.717, 1.165) is 21.2 Å². The fourth-order valence-electron chi connectivity index (χ4n) is 1.84. The van der Waals surface area contributed by atoms with Crippen LogP contribution in [0.2, 0.25) is 0 Å². The molecular formula is C15H13BrO2. The number of esters is 1. The zero-order valence-electron chi connectivity index (χ0n) is 10.0. The molecule has 92 valence electrons. The molecule has 0 radical (unpaired) electrons. The third-order valence-corrected chi connectivity index (χ3v) is 3.50. The van der Waals surface area contributed by atoms with E-state index in [1.54, 1.807) is 0 Å². The number of carbonyl (C=O) groups is 1. The minimum absolute atomic E-state index is 0.237. The average molecular weight is 305 g/mol. The summed E-state index contributed by atoms with van der Waals surface area (Å²) in [6, 6.07) is 15.9. The summed E-state index contributed by atoms with van der Waals surface area (Å²) in [4.78, 5) is 11.5. The molecule has 0 N–H and O–H groups in total. The van der Waals surface area contributed by atoms with E-state index in [2.05, 4.69) is 15.9 Å². The normalized spacial score (nSPS) is 10.1. The van der Waals surface area contributed by atoms with Crippen molar-refractivity contribution in [2.24, 2.45) is 0 Å². The number of hydrogen-bond acceptors (Lipinski definition) is 2. The predicted octanol–water partition coefficient (Wildman–Crippen LogP) is 3.83. The van der Waals surface area contributed by atoms with Crippen LogP contribution in [0.4, 0.5) is 0 Å². The highest BCUT2D eigenvalue weighted by atomic mass is 79.9. The third kappa shape index (κ3) is 2.79. The van der Waals surface area contributed by atoms with Crippen molar-refractivity contribution in [3.63, 3.8) is 0 Å². The molecule has 0 unspecified atom stereocenters. The van der Waals surface area contributed by atoms with E-state index in [0.29, 0.717) is 0 Å². The Morgan fingerprint density at radius 1 is 1.11 bits per heavy atom. The summed E-state index contributed by atoms with van der Waals surface area (Å²) in [6.07, 6.45) is 0.266. The lowest BCUT2D eigenvalue weighted by Gasteiger charge is -2.11. The first-order valence-electron chi connectivity index (χ1n) is 5.62. The Bertz CT molecular complexity index is 550. The standard InChI is InChI=1S/C15H13BrO2/c1-18-15(17)10-13-12(8-5-9-14(13)16)11-6-3-2-4-7-11/h2-9H,10H2,1H3. The fraction of sp³-hybridized carbons (Fsp3) is 0.133. The zero-order valence-corrected chi connectivity index (χ0v) is 11.6. The molecule has 2 aromatic rings. The predicted molar refractivity (Wildman–Crippen MR) is 75.3 cm³/mol. The third-order valence-electron chi connectivity index (χ3n) is 2.75. The number of methoxy groups -OCH3 is 1. The highest BCUT2D eigenvalue weighted by Gasteiger charge is 2.12. The van der Waals surface area contributed by atoms with Crippen LogP contribution in [0.5, 0.6) is 0 Å². The van der Waals surface area contributed by atoms with Gasteiger partial charge in [-0.05, 0) is 22.8 Å². The van der Waals surface area contributed by atoms with Crippen LogP contribution < -0.4 is 0 Å². The maximum atomic E-state index is 11.5. The van der Waals surface area contributed by atoms with E-state index in [9.17, 15) is 4.79 Å². The quantitative estimate of drug-likeness (QED) is 0.806. The molecule has 0 aliphatic heterocycles. The lowest BCUT2D eigenvalue weighted by Crippen LogP contribution is -2.06. The van der Waals surface area contributed by atoms with Gasteiger partial charge < -0.3 is 4.74 Å². The Labute approximate surface area is 115 Å². The SMILES string of the molecule is COC(=O)Cc1c(Br)cccc1-c1ccccc1. The van der Waals surface area contributed by atoms with Gasteiger partial charge in [-0.3, -0.25) is 4.79 Å². The van der Waals surface area contributed by atoms with Crippen LogP contribution in [0, 0.1) is 0 Å². The number of halogens is 1. The topological polar surface area (TPSA) is 26.3 Å². The van der Waals surface area contributed by atoms with Gasteiger partial charge >= 0.3 is 5.97 Å². The monoisotopic (exact) mass is 304 g/mol. The van der Waals surface area contributed by atoms with Crippen LogP contribution >= 0.6 is 15.9 Å². The van der Waals surface area contributed by atoms with Crippen molar-refractivity contribution >= 4 is 21.9 Å². The number of rotatable bonds is 3. The highest BCUT2D eigenvalue weighted by Crippen LogP contribution is 2.29. The van der Waals surface area contributed by atoms with Gasteiger partial charge in [0.25, 0.3) is 0 Å². The van der Waals surface area contributed by atoms with E-state index in [-0.39, 0.29) is 12.4 Å². The molecular weight excluding hydrogens is 292 g/mol. The van der Waals surface area contributed by atoms with Crippen molar-refractivity contribution in [2.45, 2.75) is 6.42 Å². The fourth-order valence-corrected chi connectivity index (χ4v) is 2.35. The molecule has 0 heterocycles. The van der Waals surface area contributed by atoms with E-state index < -0.39 is 0 Å². The van der Waals surface area contributed by atoms with Gasteiger partial charge in [-0.15, -0.1) is 0 Å². The lowest BCUT2D eigenvalue weighted by atomic mass is 9.98. The Morgan fingerprint density at radius 2 is 1.83 bits per heavy atom. The maximum Gasteiger partial charge on any atom is 0.310 e. The summed E-state index contributed by atoms with van der Waals surface area (Å²) in [7, 11) is 1.40. The second kappa shape index (κ2) is 5.83. The molecule has 0 bridgehead atoms. The molecule has 0 atom stereocenters. The Balaban J connectivity index is 2.48. The van der Waals surface area contributed by atoms with Gasteiger partial charge in [-0.1, -0.05) is 58.4 Å². The molecule has 0 aromatic heterocycles. The molecule has 0 spiro atoms. The Hall–Kier alpha value is -1.61. The Kier molecular flexibility index (Phi) is 4.15. The summed E-state index contributed by atoms with van der Waals surface area (Å²) in [5.74, 6) is -0.237. The van der Waals surface area contributed by atoms with Gasteiger partial charge in [0.1, 0.15) is 0 Å². The first-order valence-corrected chi connectivity index (χ1v) is 6.41. The van der Waals surface area contributed by atoms with Crippen LogP contribution in [0.1, 0.15) is 5.56 Å². The number of ether oxygens (including phenoxy) is 1. The summed E-state index contributed by atoms with van der Waals surface area (Å²) < 4.78 is 5.67. The van der Waals surface area contributed by atoms with E-state index in [4.69, 9.17) is 4.74 Å². The van der Waals surface area contributed by atoms with Crippen LogP contribution in [-0.2, 0) is 16.0 Å². The molecule has 0 aliphatic carbocycles. The minimum Gasteiger partial charge on any atom is -0.469 e. The van der Waals surface area contributed by atoms with Crippen LogP contribution in [0.15, 0.2) is 53.0 Å². The molecule has 0 amide bonds. The largest absolute Gasteiger partial charge is 0.469 e. The van der Waals surface area contributed by atoms with Crippen LogP contribution in [0.25, 0.3) is 11.1 Å². The molecule has 2 nitrogen and oxygen atoms in total. The maximum absolute atomic E-state index is 11.5. The second-order valence-electron chi connectivity index (χ2n) is 3.88. The van der Waals surface area contributed by atoms with Gasteiger partial charge in [0.05, 0.1) is 13.5 Å². The van der Waals surface area contributed by atoms with Gasteiger partial charge in [-0.2, -0.15) is 0 Å². The molecule has 3 heteroatoms. The van der Waals surface area contributed by atoms with Crippen molar-refractivity contribution in [3.05, 3.63) is 58.6 Å². The van der Waals surface area contributed by atoms with Crippen molar-refractivity contribution in [1.82, 2.24) is 0 Å². The molecule has 18 heavy (non-hydrogen) atoms. The van der Waals surface area contributed by atoms with E-state index >= 15 is 0 Å². The smallest absolute Gasteiger partial charge is 0.310 e. The number of hydrogen-bond donors (Lipinski definition) is 0. The van der Waals surface area contributed by atoms with E-state index in [1.165, 1.54) is 7.11 Å². The molecule has 0 saturated carbocycles. The zero-order chi connectivity index (χ0) is 13.0. The number of benzene rings is 2. The molecule has 0 aliphatic rings. The van der Waals surface area contributed by atoms with Crippen molar-refractivity contribution < 1.29 is 9.53 Å². The average Bonchev–Trinajstić information content (AvgIpc) is 2.42. The van der Waals surface area contributed by atoms with Gasteiger partial charge in [0.15, 0.2) is 0 Å². The molecule has 0 fully saturated rings. The van der Waals surface area contributed by atoms with Crippen molar-refractivity contribution in [1.29, 1.82) is 0 Å². The summed E-state index contributed by atoms with van der Waals surface area (Å²) in [5, 5.41) is 0. The number of carbonyl (C=O) groups excluding carboxylic acids is 1. The van der Waals surface area contributed by atoms with Gasteiger partial charge in [0.2, 0.25) is 0 Å². The highest BCUT2D eigenvalue weighted by molar-refractivity contribution is 9.10. The van der Waals surface area contributed by atoms with Crippen LogP contribution in [-0.4, -0.2) is 13.1 Å². The summed E-state index contributed by atoms with van der Waals surface area (Å²) in [6.45, 7) is 0. The van der Waals surface area contributed by atoms with Gasteiger partial charge in [-0.25, -0.2) is 0 Å². The summed E-state index contributed by atoms with van der Waals surface area (Å²) >= 11 is 3.49. The molecule has 2 rings (SSSR count). The van der Waals surface area contributed by atoms with Crippen molar-refractivity contribution in [3.8, 4) is 11.1 Å². The first kappa shape index (κ1) is 12.8. The minimum atomic E-state index is -0.237. The van der Waals surface area contributed by atoms with Gasteiger partial charge in [0, 0.05) is 4.47 Å². The molecule has 2 aromatic carbocycles. The molecule has 0 saturated heterocycles. The van der Waals surface area contributed by atoms with Crippen molar-refractivity contribution in [2.75, 3.05) is 7.11 Å². The summed E-state index contributed by atoms with van der Waals surface area (Å²) in [5.41, 5.74) is 3.10. The lowest BCUT2D eigenvalue weighted by molar-refractivity contribution is -0.139. The Morgan fingerprint density at radius 3 is 2.50 bits per heavy atom.